The number of fused-ring (bicyclic) bond motifs is 7. The van der Waals surface area contributed by atoms with Crippen molar-refractivity contribution in [3.8, 4) is 27.9 Å². The first-order valence-corrected chi connectivity index (χ1v) is 24.6. The Kier molecular flexibility index (Phi) is 9.96. The lowest BCUT2D eigenvalue weighted by Gasteiger charge is -2.31. The second-order valence-corrected chi connectivity index (χ2v) is 19.1. The van der Waals surface area contributed by atoms with Gasteiger partial charge in [-0.2, -0.15) is 0 Å². The fraction of sp³-hybridized carbons (Fsp3) is 0.138. The summed E-state index contributed by atoms with van der Waals surface area (Å²) in [6.07, 6.45) is 9.64. The molecule has 13 rings (SSSR count). The van der Waals surface area contributed by atoms with Gasteiger partial charge in [-0.25, -0.2) is 0 Å². The van der Waals surface area contributed by atoms with E-state index in [2.05, 4.69) is 229 Å². The van der Waals surface area contributed by atoms with Gasteiger partial charge in [0.15, 0.2) is 0 Å². The number of anilines is 3. The topological polar surface area (TPSA) is 21.3 Å². The number of hydrogen-bond donors (Lipinski definition) is 0. The van der Waals surface area contributed by atoms with Crippen LogP contribution in [0.15, 0.2) is 211 Å². The number of hydrogen-bond acceptors (Lipinski definition) is 2. The molecule has 2 aliphatic rings. The molecule has 1 saturated carbocycles. The van der Waals surface area contributed by atoms with Crippen molar-refractivity contribution in [3.05, 3.63) is 228 Å². The van der Waals surface area contributed by atoms with Crippen molar-refractivity contribution < 1.29 is 4.42 Å². The maximum atomic E-state index is 6.63. The van der Waals surface area contributed by atoms with Gasteiger partial charge in [-0.15, -0.1) is 0 Å². The summed E-state index contributed by atoms with van der Waals surface area (Å²) in [5.74, 6) is 0.868. The molecule has 3 heteroatoms. The van der Waals surface area contributed by atoms with Crippen LogP contribution in [-0.4, -0.2) is 4.57 Å². The van der Waals surface area contributed by atoms with E-state index >= 15 is 0 Å². The Morgan fingerprint density at radius 3 is 2.01 bits per heavy atom. The van der Waals surface area contributed by atoms with E-state index in [1.165, 1.54) is 109 Å². The van der Waals surface area contributed by atoms with Crippen molar-refractivity contribution in [2.45, 2.75) is 51.4 Å². The van der Waals surface area contributed by atoms with Crippen LogP contribution in [0.2, 0.25) is 0 Å². The number of benzene rings is 9. The SMILES string of the molecule is CC1C=c2oc3ccccc3c2=C(c2ccccc2N(c2cccc(-c3cccc4c3c3ccccc3n4-c3ccccc3)c2)c2ccccc2-c2cccc3cccc(C4CCCCC4)c23)C1. The average Bonchev–Trinajstić information content (AvgIpc) is 3.95. The van der Waals surface area contributed by atoms with Gasteiger partial charge in [0.05, 0.1) is 22.4 Å². The Labute approximate surface area is 397 Å². The third-order valence-electron chi connectivity index (χ3n) is 14.9. The van der Waals surface area contributed by atoms with Gasteiger partial charge in [-0.1, -0.05) is 178 Å². The molecule has 0 bridgehead atoms. The van der Waals surface area contributed by atoms with Crippen LogP contribution < -0.4 is 15.5 Å². The van der Waals surface area contributed by atoms with E-state index in [0.717, 1.165) is 45.6 Å². The zero-order valence-electron chi connectivity index (χ0n) is 38.4. The Morgan fingerprint density at radius 2 is 1.16 bits per heavy atom. The Balaban J connectivity index is 1.08. The predicted octanol–water partition coefficient (Wildman–Crippen LogP) is 16.6. The largest absolute Gasteiger partial charge is 0.456 e. The van der Waals surface area contributed by atoms with E-state index in [1.54, 1.807) is 0 Å². The highest BCUT2D eigenvalue weighted by molar-refractivity contribution is 6.16. The second-order valence-electron chi connectivity index (χ2n) is 19.1. The van der Waals surface area contributed by atoms with E-state index in [4.69, 9.17) is 4.42 Å². The van der Waals surface area contributed by atoms with Gasteiger partial charge in [0.1, 0.15) is 11.0 Å². The van der Waals surface area contributed by atoms with Gasteiger partial charge in [0.2, 0.25) is 0 Å². The minimum atomic E-state index is 0.308. The number of aromatic nitrogens is 1. The minimum absolute atomic E-state index is 0.308. The van der Waals surface area contributed by atoms with Crippen molar-refractivity contribution in [2.24, 2.45) is 5.92 Å². The van der Waals surface area contributed by atoms with Crippen LogP contribution in [0.3, 0.4) is 0 Å². The van der Waals surface area contributed by atoms with E-state index in [9.17, 15) is 0 Å². The zero-order chi connectivity index (χ0) is 45.1. The monoisotopic (exact) mass is 876 g/mol. The quantitative estimate of drug-likeness (QED) is 0.152. The van der Waals surface area contributed by atoms with Gasteiger partial charge < -0.3 is 13.9 Å². The maximum Gasteiger partial charge on any atom is 0.135 e. The van der Waals surface area contributed by atoms with Crippen LogP contribution in [0.4, 0.5) is 17.1 Å². The van der Waals surface area contributed by atoms with Crippen molar-refractivity contribution in [1.82, 2.24) is 4.57 Å². The minimum Gasteiger partial charge on any atom is -0.456 e. The zero-order valence-corrected chi connectivity index (χ0v) is 38.4. The van der Waals surface area contributed by atoms with Crippen LogP contribution in [0.1, 0.15) is 62.5 Å². The third-order valence-corrected chi connectivity index (χ3v) is 14.9. The number of nitrogens with zero attached hydrogens (tertiary/aromatic N) is 2. The fourth-order valence-electron chi connectivity index (χ4n) is 12.0. The molecule has 1 unspecified atom stereocenters. The first-order valence-electron chi connectivity index (χ1n) is 24.6. The van der Waals surface area contributed by atoms with Crippen molar-refractivity contribution in [1.29, 1.82) is 0 Å². The van der Waals surface area contributed by atoms with Gasteiger partial charge in [-0.3, -0.25) is 0 Å². The van der Waals surface area contributed by atoms with Gasteiger partial charge >= 0.3 is 0 Å². The summed E-state index contributed by atoms with van der Waals surface area (Å²) in [7, 11) is 0. The molecule has 328 valence electrons. The molecule has 2 heterocycles. The molecule has 2 aliphatic carbocycles. The molecular weight excluding hydrogens is 825 g/mol. The highest BCUT2D eigenvalue weighted by atomic mass is 16.3. The standard InChI is InChI=1S/C65H52N2O/c1-43-40-56(65-55-31-11-15-39-61(55)68-62(65)41-43)52-29-9-13-36-58(52)67(57-35-12-8-28-51(57)53-34-18-23-45-22-17-32-49(63(45)53)44-20-4-2-5-21-44)48-27-16-24-46(42-48)50-33-19-38-60-64(50)54-30-10-14-37-59(54)66(60)47-25-6-3-7-26-47/h3,6-19,22-39,41-44H,2,4-5,20-21,40H2,1H3. The highest BCUT2D eigenvalue weighted by Crippen LogP contribution is 2.48. The molecule has 3 nitrogen and oxygen atoms in total. The van der Waals surface area contributed by atoms with E-state index in [-0.39, 0.29) is 0 Å². The third kappa shape index (κ3) is 6.71. The average molecular weight is 877 g/mol. The first kappa shape index (κ1) is 40.4. The molecule has 1 fully saturated rings. The molecule has 11 aromatic rings. The molecule has 0 saturated heterocycles. The van der Waals surface area contributed by atoms with E-state index in [0.29, 0.717) is 11.8 Å². The summed E-state index contributed by atoms with van der Waals surface area (Å²) in [6.45, 7) is 2.31. The van der Waals surface area contributed by atoms with Crippen molar-refractivity contribution in [3.63, 3.8) is 0 Å². The Bertz CT molecular complexity index is 3840. The molecular formula is C65H52N2O. The smallest absolute Gasteiger partial charge is 0.135 e. The molecule has 2 aromatic heterocycles. The van der Waals surface area contributed by atoms with E-state index < -0.39 is 0 Å². The van der Waals surface area contributed by atoms with Crippen molar-refractivity contribution >= 4 is 72.3 Å². The molecule has 0 amide bonds. The first-order chi connectivity index (χ1) is 33.7. The Hall–Kier alpha value is -7.88. The summed E-state index contributed by atoms with van der Waals surface area (Å²) >= 11 is 0. The van der Waals surface area contributed by atoms with Crippen LogP contribution in [0, 0.1) is 5.92 Å². The lowest BCUT2D eigenvalue weighted by Crippen LogP contribution is -2.29. The summed E-state index contributed by atoms with van der Waals surface area (Å²) in [6, 6.07) is 76.4. The molecule has 1 atom stereocenters. The molecule has 0 N–H and O–H groups in total. The number of furan rings is 1. The predicted molar refractivity (Wildman–Crippen MR) is 286 cm³/mol. The maximum absolute atomic E-state index is 6.63. The van der Waals surface area contributed by atoms with E-state index in [1.807, 2.05) is 0 Å². The lowest BCUT2D eigenvalue weighted by molar-refractivity contribution is 0.445. The number of para-hydroxylation sites is 5. The van der Waals surface area contributed by atoms with Crippen LogP contribution >= 0.6 is 0 Å². The molecule has 9 aromatic carbocycles. The molecule has 0 spiro atoms. The Morgan fingerprint density at radius 1 is 0.515 bits per heavy atom. The highest BCUT2D eigenvalue weighted by Gasteiger charge is 2.27. The van der Waals surface area contributed by atoms with Crippen LogP contribution in [0.25, 0.3) is 83.1 Å². The summed E-state index contributed by atoms with van der Waals surface area (Å²) in [5.41, 5.74) is 17.8. The normalized spacial score (nSPS) is 15.2. The van der Waals surface area contributed by atoms with Gasteiger partial charge in [0.25, 0.3) is 0 Å². The summed E-state index contributed by atoms with van der Waals surface area (Å²) in [5, 5.41) is 7.56. The van der Waals surface area contributed by atoms with Crippen LogP contribution in [-0.2, 0) is 0 Å². The van der Waals surface area contributed by atoms with Gasteiger partial charge in [0, 0.05) is 43.9 Å². The number of rotatable bonds is 8. The second kappa shape index (κ2) is 16.8. The fourth-order valence-corrected chi connectivity index (χ4v) is 12.0. The summed E-state index contributed by atoms with van der Waals surface area (Å²) in [4.78, 5) is 2.56. The summed E-state index contributed by atoms with van der Waals surface area (Å²) < 4.78 is 9.04. The van der Waals surface area contributed by atoms with Crippen molar-refractivity contribution in [2.75, 3.05) is 4.90 Å². The molecule has 68 heavy (non-hydrogen) atoms. The molecule has 0 aliphatic heterocycles. The van der Waals surface area contributed by atoms with Gasteiger partial charge in [-0.05, 0) is 130 Å². The van der Waals surface area contributed by atoms with Crippen LogP contribution in [0.5, 0.6) is 0 Å². The molecule has 0 radical (unpaired) electrons. The lowest BCUT2D eigenvalue weighted by atomic mass is 9.80.